The fourth-order valence-electron chi connectivity index (χ4n) is 3.82. The molecule has 3 amide bonds. The number of imide groups is 1. The third-order valence-corrected chi connectivity index (χ3v) is 5.40. The summed E-state index contributed by atoms with van der Waals surface area (Å²) in [6, 6.07) is 23.6. The highest BCUT2D eigenvalue weighted by Crippen LogP contribution is 2.30. The Kier molecular flexibility index (Phi) is 4.33. The van der Waals surface area contributed by atoms with Crippen molar-refractivity contribution in [3.63, 3.8) is 0 Å². The van der Waals surface area contributed by atoms with Gasteiger partial charge in [-0.05, 0) is 24.3 Å². The highest BCUT2D eigenvalue weighted by atomic mass is 16.2. The summed E-state index contributed by atoms with van der Waals surface area (Å²) < 4.78 is 0. The minimum absolute atomic E-state index is 0.213. The van der Waals surface area contributed by atoms with Crippen LogP contribution in [0.1, 0.15) is 31.1 Å². The SMILES string of the molecule is CN1C(=O)c2cccc(NC(=O)c3cc(-c4ccccc4)nc4ccccc34)c2C1=O. The number of amides is 3. The van der Waals surface area contributed by atoms with Crippen LogP contribution in [-0.2, 0) is 0 Å². The fraction of sp³-hybridized carbons (Fsp3) is 0.0400. The van der Waals surface area contributed by atoms with Crippen molar-refractivity contribution in [2.24, 2.45) is 0 Å². The molecule has 1 aromatic heterocycles. The molecule has 0 spiro atoms. The number of anilines is 1. The zero-order valence-electron chi connectivity index (χ0n) is 16.6. The second kappa shape index (κ2) is 7.18. The molecule has 1 aliphatic rings. The molecule has 0 fully saturated rings. The van der Waals surface area contributed by atoms with E-state index in [9.17, 15) is 14.4 Å². The van der Waals surface area contributed by atoms with E-state index in [0.717, 1.165) is 10.5 Å². The van der Waals surface area contributed by atoms with Gasteiger partial charge < -0.3 is 5.32 Å². The van der Waals surface area contributed by atoms with Gasteiger partial charge in [-0.1, -0.05) is 54.6 Å². The molecule has 0 saturated carbocycles. The molecule has 1 N–H and O–H groups in total. The van der Waals surface area contributed by atoms with Crippen molar-refractivity contribution >= 4 is 34.3 Å². The maximum absolute atomic E-state index is 13.3. The lowest BCUT2D eigenvalue weighted by atomic mass is 10.0. The van der Waals surface area contributed by atoms with Gasteiger partial charge in [-0.15, -0.1) is 0 Å². The molecule has 0 atom stereocenters. The summed E-state index contributed by atoms with van der Waals surface area (Å²) in [4.78, 5) is 43.9. The Hall–Kier alpha value is -4.32. The molecule has 6 heteroatoms. The maximum atomic E-state index is 13.3. The Bertz CT molecular complexity index is 1380. The first-order valence-corrected chi connectivity index (χ1v) is 9.76. The van der Waals surface area contributed by atoms with E-state index in [-0.39, 0.29) is 22.9 Å². The minimum atomic E-state index is -0.430. The lowest BCUT2D eigenvalue weighted by molar-refractivity contribution is 0.0693. The number of benzene rings is 3. The molecule has 150 valence electrons. The topological polar surface area (TPSA) is 79.4 Å². The monoisotopic (exact) mass is 407 g/mol. The van der Waals surface area contributed by atoms with Crippen LogP contribution < -0.4 is 5.32 Å². The zero-order valence-corrected chi connectivity index (χ0v) is 16.6. The molecule has 6 nitrogen and oxygen atoms in total. The average molecular weight is 407 g/mol. The number of para-hydroxylation sites is 1. The van der Waals surface area contributed by atoms with Crippen LogP contribution in [0.25, 0.3) is 22.2 Å². The summed E-state index contributed by atoms with van der Waals surface area (Å²) in [5.41, 5.74) is 3.51. The number of carbonyl (C=O) groups excluding carboxylic acids is 3. The second-order valence-corrected chi connectivity index (χ2v) is 7.29. The maximum Gasteiger partial charge on any atom is 0.263 e. The average Bonchev–Trinajstić information content (AvgIpc) is 3.03. The van der Waals surface area contributed by atoms with Crippen molar-refractivity contribution in [2.75, 3.05) is 12.4 Å². The number of fused-ring (bicyclic) bond motifs is 2. The Morgan fingerprint density at radius 1 is 0.871 bits per heavy atom. The number of pyridine rings is 1. The van der Waals surface area contributed by atoms with E-state index >= 15 is 0 Å². The largest absolute Gasteiger partial charge is 0.321 e. The molecule has 2 heterocycles. The summed E-state index contributed by atoms with van der Waals surface area (Å²) in [5, 5.41) is 3.54. The second-order valence-electron chi connectivity index (χ2n) is 7.29. The van der Waals surface area contributed by atoms with Gasteiger partial charge >= 0.3 is 0 Å². The van der Waals surface area contributed by atoms with Crippen molar-refractivity contribution in [2.45, 2.75) is 0 Å². The smallest absolute Gasteiger partial charge is 0.263 e. The molecular weight excluding hydrogens is 390 g/mol. The van der Waals surface area contributed by atoms with Crippen LogP contribution in [0.2, 0.25) is 0 Å². The first kappa shape index (κ1) is 18.7. The molecule has 1 aliphatic heterocycles. The molecule has 0 aliphatic carbocycles. The van der Waals surface area contributed by atoms with Gasteiger partial charge in [0.1, 0.15) is 0 Å². The highest BCUT2D eigenvalue weighted by molar-refractivity contribution is 6.25. The Labute approximate surface area is 178 Å². The Morgan fingerprint density at radius 2 is 1.61 bits per heavy atom. The molecule has 31 heavy (non-hydrogen) atoms. The van der Waals surface area contributed by atoms with Crippen LogP contribution in [0.4, 0.5) is 5.69 Å². The van der Waals surface area contributed by atoms with Gasteiger partial charge in [-0.2, -0.15) is 0 Å². The van der Waals surface area contributed by atoms with Crippen molar-refractivity contribution in [1.82, 2.24) is 9.88 Å². The normalized spacial score (nSPS) is 12.9. The van der Waals surface area contributed by atoms with Gasteiger partial charge in [0.15, 0.2) is 0 Å². The van der Waals surface area contributed by atoms with E-state index in [2.05, 4.69) is 5.32 Å². The van der Waals surface area contributed by atoms with Crippen molar-refractivity contribution in [1.29, 1.82) is 0 Å². The molecule has 4 aromatic rings. The minimum Gasteiger partial charge on any atom is -0.321 e. The van der Waals surface area contributed by atoms with E-state index in [1.165, 1.54) is 7.05 Å². The summed E-state index contributed by atoms with van der Waals surface area (Å²) in [7, 11) is 1.43. The summed E-state index contributed by atoms with van der Waals surface area (Å²) >= 11 is 0. The summed E-state index contributed by atoms with van der Waals surface area (Å²) in [6.07, 6.45) is 0. The number of rotatable bonds is 3. The van der Waals surface area contributed by atoms with Crippen LogP contribution >= 0.6 is 0 Å². The van der Waals surface area contributed by atoms with Gasteiger partial charge in [0, 0.05) is 18.0 Å². The van der Waals surface area contributed by atoms with E-state index in [0.29, 0.717) is 27.8 Å². The number of hydrogen-bond donors (Lipinski definition) is 1. The first-order chi connectivity index (χ1) is 15.0. The molecule has 0 unspecified atom stereocenters. The number of carbonyl (C=O) groups is 3. The quantitative estimate of drug-likeness (QED) is 0.511. The van der Waals surface area contributed by atoms with E-state index in [1.54, 1.807) is 24.3 Å². The Morgan fingerprint density at radius 3 is 2.42 bits per heavy atom. The molecule has 0 bridgehead atoms. The van der Waals surface area contributed by atoms with E-state index in [1.807, 2.05) is 54.6 Å². The zero-order chi connectivity index (χ0) is 21.5. The van der Waals surface area contributed by atoms with Crippen LogP contribution in [0.3, 0.4) is 0 Å². The molecule has 3 aromatic carbocycles. The fourth-order valence-corrected chi connectivity index (χ4v) is 3.82. The summed E-state index contributed by atoms with van der Waals surface area (Å²) in [6.45, 7) is 0. The van der Waals surface area contributed by atoms with Crippen LogP contribution in [0, 0.1) is 0 Å². The molecular formula is C25H17N3O3. The number of hydrogen-bond acceptors (Lipinski definition) is 4. The van der Waals surface area contributed by atoms with Gasteiger partial charge in [0.05, 0.1) is 33.6 Å². The van der Waals surface area contributed by atoms with Crippen LogP contribution in [0.5, 0.6) is 0 Å². The third-order valence-electron chi connectivity index (χ3n) is 5.40. The number of nitrogens with one attached hydrogen (secondary N) is 1. The molecule has 0 radical (unpaired) electrons. The lowest BCUT2D eigenvalue weighted by Crippen LogP contribution is -2.24. The summed E-state index contributed by atoms with van der Waals surface area (Å²) in [5.74, 6) is -1.18. The first-order valence-electron chi connectivity index (χ1n) is 9.76. The molecule has 5 rings (SSSR count). The van der Waals surface area contributed by atoms with Gasteiger partial charge in [-0.25, -0.2) is 4.98 Å². The van der Waals surface area contributed by atoms with Crippen molar-refractivity contribution < 1.29 is 14.4 Å². The lowest BCUT2D eigenvalue weighted by Gasteiger charge is -2.12. The Balaban J connectivity index is 1.61. The molecule has 0 saturated heterocycles. The van der Waals surface area contributed by atoms with Crippen molar-refractivity contribution in [3.05, 3.63) is 95.6 Å². The number of nitrogens with zero attached hydrogens (tertiary/aromatic N) is 2. The van der Waals surface area contributed by atoms with Gasteiger partial charge in [0.25, 0.3) is 17.7 Å². The standard InChI is InChI=1S/C25H17N3O3/c1-28-24(30)17-11-7-13-20(22(17)25(28)31)27-23(29)18-14-21(15-8-3-2-4-9-15)26-19-12-6-5-10-16(18)19/h2-14H,1H3,(H,27,29). The van der Waals surface area contributed by atoms with Crippen LogP contribution in [0.15, 0.2) is 78.9 Å². The van der Waals surface area contributed by atoms with E-state index < -0.39 is 5.91 Å². The third kappa shape index (κ3) is 3.05. The van der Waals surface area contributed by atoms with Gasteiger partial charge in [0.2, 0.25) is 0 Å². The van der Waals surface area contributed by atoms with Gasteiger partial charge in [-0.3, -0.25) is 19.3 Å². The van der Waals surface area contributed by atoms with Crippen LogP contribution in [-0.4, -0.2) is 34.7 Å². The predicted molar refractivity (Wildman–Crippen MR) is 118 cm³/mol. The highest BCUT2D eigenvalue weighted by Gasteiger charge is 2.35. The van der Waals surface area contributed by atoms with E-state index in [4.69, 9.17) is 4.98 Å². The number of aromatic nitrogens is 1. The van der Waals surface area contributed by atoms with Crippen molar-refractivity contribution in [3.8, 4) is 11.3 Å². The predicted octanol–water partition coefficient (Wildman–Crippen LogP) is 4.38.